The number of carbonyl (C=O) groups excluding carboxylic acids is 1. The highest BCUT2D eigenvalue weighted by Gasteiger charge is 2.29. The zero-order valence-corrected chi connectivity index (χ0v) is 7.70. The lowest BCUT2D eigenvalue weighted by Gasteiger charge is -2.31. The maximum absolute atomic E-state index is 10.9. The van der Waals surface area contributed by atoms with Crippen molar-refractivity contribution in [1.29, 1.82) is 0 Å². The molecule has 1 aliphatic rings. The van der Waals surface area contributed by atoms with E-state index < -0.39 is 0 Å². The van der Waals surface area contributed by atoms with E-state index in [4.69, 9.17) is 4.74 Å². The van der Waals surface area contributed by atoms with E-state index in [9.17, 15) is 4.79 Å². The average Bonchev–Trinajstić information content (AvgIpc) is 2.06. The zero-order valence-electron chi connectivity index (χ0n) is 7.70. The van der Waals surface area contributed by atoms with Crippen LogP contribution in [-0.4, -0.2) is 18.5 Å². The quantitative estimate of drug-likeness (QED) is 0.624. The van der Waals surface area contributed by atoms with Crippen LogP contribution in [0.4, 0.5) is 0 Å². The predicted molar refractivity (Wildman–Crippen MR) is 47.9 cm³/mol. The number of allylic oxidation sites excluding steroid dienone is 2. The molecule has 0 aromatic rings. The topological polar surface area (TPSA) is 26.3 Å². The molecule has 12 heavy (non-hydrogen) atoms. The molecule has 2 nitrogen and oxygen atoms in total. The van der Waals surface area contributed by atoms with Crippen molar-refractivity contribution in [1.82, 2.24) is 0 Å². The number of rotatable bonds is 2. The molecule has 0 spiro atoms. The van der Waals surface area contributed by atoms with Crippen LogP contribution in [0, 0.1) is 5.92 Å². The van der Waals surface area contributed by atoms with Gasteiger partial charge in [0.05, 0.1) is 0 Å². The molecule has 0 heterocycles. The smallest absolute Gasteiger partial charge is 0.178 e. The maximum Gasteiger partial charge on any atom is 0.178 e. The molecule has 0 amide bonds. The van der Waals surface area contributed by atoms with Gasteiger partial charge in [0.2, 0.25) is 0 Å². The van der Waals surface area contributed by atoms with Gasteiger partial charge in [-0.25, -0.2) is 0 Å². The summed E-state index contributed by atoms with van der Waals surface area (Å²) in [4.78, 5) is 10.9. The minimum atomic E-state index is -0.381. The van der Waals surface area contributed by atoms with E-state index in [0.29, 0.717) is 5.92 Å². The van der Waals surface area contributed by atoms with Gasteiger partial charge in [0.1, 0.15) is 5.60 Å². The molecule has 1 aliphatic carbocycles. The largest absolute Gasteiger partial charge is 0.370 e. The Morgan fingerprint density at radius 1 is 1.33 bits per heavy atom. The lowest BCUT2D eigenvalue weighted by molar-refractivity contribution is -0.110. The second-order valence-electron chi connectivity index (χ2n) is 3.28. The van der Waals surface area contributed by atoms with Crippen molar-refractivity contribution in [3.8, 4) is 0 Å². The standard InChI is InChI=1S/C10H14O2/c1-8(2)10(12-3)6-4-9(11)5-7-10/h4-8H,1-3H3. The summed E-state index contributed by atoms with van der Waals surface area (Å²) in [7, 11) is 1.66. The second kappa shape index (κ2) is 3.23. The Kier molecular flexibility index (Phi) is 2.48. The zero-order chi connectivity index (χ0) is 9.19. The molecule has 0 aromatic carbocycles. The summed E-state index contributed by atoms with van der Waals surface area (Å²) in [6, 6.07) is 0. The van der Waals surface area contributed by atoms with E-state index in [1.165, 1.54) is 0 Å². The molecule has 0 saturated carbocycles. The number of carbonyl (C=O) groups is 1. The van der Waals surface area contributed by atoms with E-state index in [0.717, 1.165) is 0 Å². The van der Waals surface area contributed by atoms with Gasteiger partial charge in [-0.3, -0.25) is 4.79 Å². The van der Waals surface area contributed by atoms with E-state index in [2.05, 4.69) is 13.8 Å². The predicted octanol–water partition coefficient (Wildman–Crippen LogP) is 1.72. The Labute approximate surface area is 72.9 Å². The molecule has 0 fully saturated rings. The number of ketones is 1. The SMILES string of the molecule is COC1(C(C)C)C=CC(=O)C=C1. The average molecular weight is 166 g/mol. The Bertz CT molecular complexity index is 220. The van der Waals surface area contributed by atoms with Crippen molar-refractivity contribution in [2.75, 3.05) is 7.11 Å². The van der Waals surface area contributed by atoms with Crippen molar-refractivity contribution in [2.24, 2.45) is 5.92 Å². The molecule has 0 N–H and O–H groups in total. The summed E-state index contributed by atoms with van der Waals surface area (Å²) in [6.45, 7) is 4.13. The first-order chi connectivity index (χ1) is 5.60. The highest BCUT2D eigenvalue weighted by Crippen LogP contribution is 2.26. The van der Waals surface area contributed by atoms with E-state index >= 15 is 0 Å². The normalized spacial score (nSPS) is 20.5. The minimum Gasteiger partial charge on any atom is -0.370 e. The summed E-state index contributed by atoms with van der Waals surface area (Å²) < 4.78 is 5.36. The number of methoxy groups -OCH3 is 1. The van der Waals surface area contributed by atoms with Crippen LogP contribution in [0.15, 0.2) is 24.3 Å². The number of ether oxygens (including phenoxy) is 1. The molecule has 0 aromatic heterocycles. The third-order valence-electron chi connectivity index (χ3n) is 2.27. The second-order valence-corrected chi connectivity index (χ2v) is 3.28. The maximum atomic E-state index is 10.9. The summed E-state index contributed by atoms with van der Waals surface area (Å²) >= 11 is 0. The molecule has 66 valence electrons. The van der Waals surface area contributed by atoms with E-state index in [1.54, 1.807) is 19.3 Å². The molecule has 0 bridgehead atoms. The third-order valence-corrected chi connectivity index (χ3v) is 2.27. The summed E-state index contributed by atoms with van der Waals surface area (Å²) in [5, 5.41) is 0. The molecule has 0 saturated heterocycles. The van der Waals surface area contributed by atoms with Crippen molar-refractivity contribution >= 4 is 5.78 Å². The Hall–Kier alpha value is -0.890. The molecule has 0 aliphatic heterocycles. The van der Waals surface area contributed by atoms with Crippen LogP contribution < -0.4 is 0 Å². The van der Waals surface area contributed by atoms with Gasteiger partial charge in [-0.1, -0.05) is 13.8 Å². The monoisotopic (exact) mass is 166 g/mol. The van der Waals surface area contributed by atoms with Gasteiger partial charge in [0.25, 0.3) is 0 Å². The first kappa shape index (κ1) is 9.20. The fourth-order valence-electron chi connectivity index (χ4n) is 1.29. The molecule has 0 radical (unpaired) electrons. The Morgan fingerprint density at radius 2 is 1.83 bits per heavy atom. The van der Waals surface area contributed by atoms with Gasteiger partial charge in [-0.2, -0.15) is 0 Å². The van der Waals surface area contributed by atoms with Gasteiger partial charge >= 0.3 is 0 Å². The van der Waals surface area contributed by atoms with E-state index in [-0.39, 0.29) is 11.4 Å². The highest BCUT2D eigenvalue weighted by molar-refractivity contribution is 6.00. The van der Waals surface area contributed by atoms with Crippen molar-refractivity contribution in [3.05, 3.63) is 24.3 Å². The van der Waals surface area contributed by atoms with Gasteiger partial charge in [0, 0.05) is 7.11 Å². The van der Waals surface area contributed by atoms with Crippen LogP contribution in [0.2, 0.25) is 0 Å². The summed E-state index contributed by atoms with van der Waals surface area (Å²) in [5.74, 6) is 0.367. The summed E-state index contributed by atoms with van der Waals surface area (Å²) in [6.07, 6.45) is 6.76. The van der Waals surface area contributed by atoms with Crippen molar-refractivity contribution in [2.45, 2.75) is 19.4 Å². The van der Waals surface area contributed by atoms with Crippen LogP contribution in [0.25, 0.3) is 0 Å². The van der Waals surface area contributed by atoms with Gasteiger partial charge in [0.15, 0.2) is 5.78 Å². The first-order valence-electron chi connectivity index (χ1n) is 4.08. The number of hydrogen-bond acceptors (Lipinski definition) is 2. The molecule has 0 atom stereocenters. The molecule has 1 rings (SSSR count). The van der Waals surface area contributed by atoms with Gasteiger partial charge in [-0.15, -0.1) is 0 Å². The Morgan fingerprint density at radius 3 is 2.17 bits per heavy atom. The summed E-state index contributed by atoms with van der Waals surface area (Å²) in [5.41, 5.74) is -0.381. The van der Waals surface area contributed by atoms with Gasteiger partial charge in [-0.05, 0) is 30.2 Å². The lowest BCUT2D eigenvalue weighted by Crippen LogP contribution is -2.34. The number of hydrogen-bond donors (Lipinski definition) is 0. The fraction of sp³-hybridized carbons (Fsp3) is 0.500. The van der Waals surface area contributed by atoms with Crippen LogP contribution in [0.1, 0.15) is 13.8 Å². The van der Waals surface area contributed by atoms with Crippen molar-refractivity contribution < 1.29 is 9.53 Å². The van der Waals surface area contributed by atoms with Crippen LogP contribution in [-0.2, 0) is 9.53 Å². The van der Waals surface area contributed by atoms with Crippen LogP contribution in [0.3, 0.4) is 0 Å². The molecular formula is C10H14O2. The molecule has 2 heteroatoms. The van der Waals surface area contributed by atoms with E-state index in [1.807, 2.05) is 12.2 Å². The van der Waals surface area contributed by atoms with Gasteiger partial charge < -0.3 is 4.74 Å². The molecule has 0 unspecified atom stereocenters. The van der Waals surface area contributed by atoms with Crippen LogP contribution >= 0.6 is 0 Å². The lowest BCUT2D eigenvalue weighted by atomic mass is 9.86. The Balaban J connectivity index is 2.91. The molecular weight excluding hydrogens is 152 g/mol. The first-order valence-corrected chi connectivity index (χ1v) is 4.08. The minimum absolute atomic E-state index is 0.0309. The fourth-order valence-corrected chi connectivity index (χ4v) is 1.29. The third kappa shape index (κ3) is 1.48. The van der Waals surface area contributed by atoms with Crippen LogP contribution in [0.5, 0.6) is 0 Å². The van der Waals surface area contributed by atoms with Crippen molar-refractivity contribution in [3.63, 3.8) is 0 Å². The highest BCUT2D eigenvalue weighted by atomic mass is 16.5.